The van der Waals surface area contributed by atoms with E-state index in [1.165, 1.54) is 18.2 Å². The molecular weight excluding hydrogens is 314 g/mol. The van der Waals surface area contributed by atoms with Gasteiger partial charge < -0.3 is 14.6 Å². The smallest absolute Gasteiger partial charge is 0.309 e. The molecule has 2 aliphatic rings. The first-order valence-electron chi connectivity index (χ1n) is 9.27. The van der Waals surface area contributed by atoms with Gasteiger partial charge in [-0.25, -0.2) is 4.98 Å². The first-order chi connectivity index (χ1) is 12.0. The van der Waals surface area contributed by atoms with Crippen molar-refractivity contribution in [2.45, 2.75) is 39.5 Å². The summed E-state index contributed by atoms with van der Waals surface area (Å²) in [5.41, 5.74) is 5.04. The van der Waals surface area contributed by atoms with Gasteiger partial charge in [0.25, 0.3) is 0 Å². The molecule has 2 heterocycles. The van der Waals surface area contributed by atoms with E-state index in [-0.39, 0.29) is 17.3 Å². The summed E-state index contributed by atoms with van der Waals surface area (Å²) < 4.78 is 4.92. The van der Waals surface area contributed by atoms with Crippen LogP contribution in [0.15, 0.2) is 12.1 Å². The fraction of sp³-hybridized carbons (Fsp3) is 0.600. The lowest BCUT2D eigenvalue weighted by molar-refractivity contribution is -0.143. The zero-order chi connectivity index (χ0) is 17.6. The van der Waals surface area contributed by atoms with Crippen molar-refractivity contribution < 1.29 is 9.53 Å². The molecule has 0 amide bonds. The number of esters is 1. The van der Waals surface area contributed by atoms with Crippen LogP contribution >= 0.6 is 0 Å². The monoisotopic (exact) mass is 341 g/mol. The van der Waals surface area contributed by atoms with Crippen molar-refractivity contribution in [3.8, 4) is 0 Å². The highest BCUT2D eigenvalue weighted by Crippen LogP contribution is 2.59. The van der Waals surface area contributed by atoms with Gasteiger partial charge in [-0.3, -0.25) is 4.79 Å². The fourth-order valence-electron chi connectivity index (χ4n) is 4.34. The van der Waals surface area contributed by atoms with E-state index < -0.39 is 0 Å². The number of fused-ring (bicyclic) bond motifs is 1. The minimum absolute atomic E-state index is 0.0126. The van der Waals surface area contributed by atoms with Gasteiger partial charge in [0.15, 0.2) is 0 Å². The van der Waals surface area contributed by atoms with E-state index in [4.69, 9.17) is 9.72 Å². The highest BCUT2D eigenvalue weighted by Gasteiger charge is 2.59. The number of hydrogen-bond donors (Lipinski definition) is 1. The van der Waals surface area contributed by atoms with Gasteiger partial charge in [-0.05, 0) is 68.8 Å². The van der Waals surface area contributed by atoms with Crippen molar-refractivity contribution in [3.05, 3.63) is 29.1 Å². The maximum Gasteiger partial charge on any atom is 0.309 e. The molecule has 1 aliphatic heterocycles. The summed E-state index contributed by atoms with van der Waals surface area (Å²) in [6.45, 7) is 7.44. The molecule has 2 aromatic rings. The van der Waals surface area contributed by atoms with Gasteiger partial charge in [0.2, 0.25) is 0 Å². The number of nitrogens with one attached hydrogen (secondary N) is 1. The number of imidazole rings is 1. The topological polar surface area (TPSA) is 58.2 Å². The molecule has 5 nitrogen and oxygen atoms in total. The lowest BCUT2D eigenvalue weighted by Gasteiger charge is -2.32. The van der Waals surface area contributed by atoms with E-state index in [1.54, 1.807) is 0 Å². The summed E-state index contributed by atoms with van der Waals surface area (Å²) in [6, 6.07) is 4.27. The van der Waals surface area contributed by atoms with Crippen molar-refractivity contribution in [1.82, 2.24) is 14.9 Å². The number of aryl methyl sites for hydroxylation is 2. The Kier molecular flexibility index (Phi) is 4.07. The second-order valence-corrected chi connectivity index (χ2v) is 7.82. The largest absolute Gasteiger partial charge is 0.469 e. The Morgan fingerprint density at radius 1 is 1.36 bits per heavy atom. The maximum atomic E-state index is 11.7. The minimum atomic E-state index is -0.0126. The van der Waals surface area contributed by atoms with Crippen LogP contribution in [0.3, 0.4) is 0 Å². The molecule has 5 heteroatoms. The van der Waals surface area contributed by atoms with Crippen molar-refractivity contribution >= 4 is 17.0 Å². The van der Waals surface area contributed by atoms with Crippen LogP contribution in [0.1, 0.15) is 36.2 Å². The van der Waals surface area contributed by atoms with E-state index in [2.05, 4.69) is 35.9 Å². The molecule has 1 aromatic carbocycles. The van der Waals surface area contributed by atoms with Crippen molar-refractivity contribution in [3.63, 3.8) is 0 Å². The zero-order valence-electron chi connectivity index (χ0n) is 15.4. The van der Waals surface area contributed by atoms with E-state index in [0.29, 0.717) is 0 Å². The summed E-state index contributed by atoms with van der Waals surface area (Å²) in [5.74, 6) is 1.21. The average Bonchev–Trinajstić information content (AvgIpc) is 3.15. The molecule has 0 radical (unpaired) electrons. The number of methoxy groups -OCH3 is 1. The van der Waals surface area contributed by atoms with E-state index in [0.717, 1.165) is 62.2 Å². The van der Waals surface area contributed by atoms with Crippen LogP contribution in [0.5, 0.6) is 0 Å². The fourth-order valence-corrected chi connectivity index (χ4v) is 4.34. The molecule has 25 heavy (non-hydrogen) atoms. The number of carbonyl (C=O) groups is 1. The second kappa shape index (κ2) is 6.13. The highest BCUT2D eigenvalue weighted by molar-refractivity contribution is 5.79. The quantitative estimate of drug-likeness (QED) is 0.869. The Bertz CT molecular complexity index is 803. The first kappa shape index (κ1) is 16.6. The molecule has 4 rings (SSSR count). The number of likely N-dealkylation sites (tertiary alicyclic amines) is 1. The minimum Gasteiger partial charge on any atom is -0.469 e. The van der Waals surface area contributed by atoms with Gasteiger partial charge in [0.05, 0.1) is 24.1 Å². The highest BCUT2D eigenvalue weighted by atomic mass is 16.5. The van der Waals surface area contributed by atoms with Gasteiger partial charge in [-0.2, -0.15) is 0 Å². The van der Waals surface area contributed by atoms with Crippen LogP contribution in [-0.2, 0) is 16.0 Å². The maximum absolute atomic E-state index is 11.7. The Morgan fingerprint density at radius 3 is 2.84 bits per heavy atom. The molecule has 134 valence electrons. The molecule has 1 aromatic heterocycles. The standard InChI is InChI=1S/C20H27N3O2/c1-13-4-5-16-18(14(13)2)22-17(21-16)6-9-23-10-7-20(8-11-23)12-15(20)19(24)25-3/h4-5,15H,6-12H2,1-3H3,(H,21,22). The Balaban J connectivity index is 1.33. The van der Waals surface area contributed by atoms with Crippen LogP contribution < -0.4 is 0 Å². The number of H-pyrrole nitrogens is 1. The molecule has 1 aliphatic carbocycles. The Hall–Kier alpha value is -1.88. The van der Waals surface area contributed by atoms with Gasteiger partial charge in [-0.15, -0.1) is 0 Å². The van der Waals surface area contributed by atoms with E-state index in [1.807, 2.05) is 0 Å². The number of hydrogen-bond acceptors (Lipinski definition) is 4. The summed E-state index contributed by atoms with van der Waals surface area (Å²) in [5, 5.41) is 0. The van der Waals surface area contributed by atoms with Crippen molar-refractivity contribution in [1.29, 1.82) is 0 Å². The molecule has 1 atom stereocenters. The number of aromatic amines is 1. The lowest BCUT2D eigenvalue weighted by atomic mass is 9.91. The summed E-state index contributed by atoms with van der Waals surface area (Å²) in [6.07, 6.45) is 4.20. The predicted octanol–water partition coefficient (Wildman–Crippen LogP) is 3.00. The lowest BCUT2D eigenvalue weighted by Crippen LogP contribution is -2.37. The first-order valence-corrected chi connectivity index (χ1v) is 9.27. The number of benzene rings is 1. The Labute approximate surface area is 148 Å². The molecule has 1 saturated carbocycles. The zero-order valence-corrected chi connectivity index (χ0v) is 15.4. The number of aromatic nitrogens is 2. The number of nitrogens with zero attached hydrogens (tertiary/aromatic N) is 2. The van der Waals surface area contributed by atoms with Crippen LogP contribution in [0.25, 0.3) is 11.0 Å². The van der Waals surface area contributed by atoms with Crippen molar-refractivity contribution in [2.24, 2.45) is 11.3 Å². The van der Waals surface area contributed by atoms with Gasteiger partial charge in [-0.1, -0.05) is 6.07 Å². The SMILES string of the molecule is COC(=O)C1CC12CCN(CCc1nc3c(C)c(C)ccc3[nH]1)CC2. The average molecular weight is 341 g/mol. The summed E-state index contributed by atoms with van der Waals surface area (Å²) >= 11 is 0. The molecule has 1 saturated heterocycles. The van der Waals surface area contributed by atoms with Gasteiger partial charge in [0, 0.05) is 13.0 Å². The number of ether oxygens (including phenoxy) is 1. The van der Waals surface area contributed by atoms with Gasteiger partial charge in [0.1, 0.15) is 5.82 Å². The van der Waals surface area contributed by atoms with Crippen LogP contribution in [-0.4, -0.2) is 47.6 Å². The van der Waals surface area contributed by atoms with Crippen molar-refractivity contribution in [2.75, 3.05) is 26.7 Å². The molecule has 1 unspecified atom stereocenters. The number of carbonyl (C=O) groups excluding carboxylic acids is 1. The Morgan fingerprint density at radius 2 is 2.12 bits per heavy atom. The van der Waals surface area contributed by atoms with E-state index >= 15 is 0 Å². The number of piperidine rings is 1. The third-order valence-corrected chi connectivity index (χ3v) is 6.42. The number of rotatable bonds is 4. The predicted molar refractivity (Wildman–Crippen MR) is 97.5 cm³/mol. The van der Waals surface area contributed by atoms with Crippen LogP contribution in [0, 0.1) is 25.2 Å². The molecule has 0 bridgehead atoms. The van der Waals surface area contributed by atoms with Gasteiger partial charge >= 0.3 is 5.97 Å². The molecular formula is C20H27N3O2. The normalized spacial score (nSPS) is 22.4. The third kappa shape index (κ3) is 2.95. The summed E-state index contributed by atoms with van der Waals surface area (Å²) in [4.78, 5) is 22.5. The second-order valence-electron chi connectivity index (χ2n) is 7.82. The third-order valence-electron chi connectivity index (χ3n) is 6.42. The summed E-state index contributed by atoms with van der Waals surface area (Å²) in [7, 11) is 1.50. The van der Waals surface area contributed by atoms with E-state index in [9.17, 15) is 4.79 Å². The molecule has 1 N–H and O–H groups in total. The molecule has 1 spiro atoms. The van der Waals surface area contributed by atoms with Crippen LogP contribution in [0.4, 0.5) is 0 Å². The molecule has 2 fully saturated rings. The van der Waals surface area contributed by atoms with Crippen LogP contribution in [0.2, 0.25) is 0 Å².